The van der Waals surface area contributed by atoms with Crippen LogP contribution in [0.2, 0.25) is 0 Å². The number of rotatable bonds is 8. The molecule has 144 valence electrons. The molecule has 7 nitrogen and oxygen atoms in total. The molecule has 1 aromatic rings. The molecular weight excluding hydrogens is 370 g/mol. The Morgan fingerprint density at radius 2 is 1.85 bits per heavy atom. The van der Waals surface area contributed by atoms with Gasteiger partial charge in [-0.2, -0.15) is 0 Å². The second-order valence-electron chi connectivity index (χ2n) is 5.93. The number of ether oxygens (including phenoxy) is 1. The van der Waals surface area contributed by atoms with Crippen LogP contribution in [-0.2, 0) is 24.3 Å². The fourth-order valence-corrected chi connectivity index (χ4v) is 3.62. The minimum Gasteiger partial charge on any atom is -0.456 e. The van der Waals surface area contributed by atoms with Crippen molar-refractivity contribution in [3.63, 3.8) is 0 Å². The van der Waals surface area contributed by atoms with E-state index in [-0.39, 0.29) is 19.0 Å². The van der Waals surface area contributed by atoms with Crippen molar-refractivity contribution < 1.29 is 31.5 Å². The zero-order chi connectivity index (χ0) is 19.2. The van der Waals surface area contributed by atoms with E-state index in [1.165, 1.54) is 0 Å². The summed E-state index contributed by atoms with van der Waals surface area (Å²) < 4.78 is 56.6. The molecular formula is C16H20F2N2O5S. The molecule has 1 amide bonds. The van der Waals surface area contributed by atoms with Gasteiger partial charge in [-0.1, -0.05) is 12.8 Å². The Kier molecular flexibility index (Phi) is 7.04. The van der Waals surface area contributed by atoms with Gasteiger partial charge >= 0.3 is 5.97 Å². The zero-order valence-electron chi connectivity index (χ0n) is 14.0. The highest BCUT2D eigenvalue weighted by atomic mass is 32.2. The standard InChI is InChI=1S/C16H20F2N2O5S/c17-13-6-5-12(9-14(13)18)26(23,24)19-8-7-16(22)25-10-15(21)20-11-3-1-2-4-11/h5-6,9,11,19H,1-4,7-8,10H2,(H,20,21). The van der Waals surface area contributed by atoms with Crippen LogP contribution in [0.1, 0.15) is 32.1 Å². The van der Waals surface area contributed by atoms with E-state index in [9.17, 15) is 26.8 Å². The first kappa shape index (κ1) is 20.2. The van der Waals surface area contributed by atoms with Crippen molar-refractivity contribution in [3.05, 3.63) is 29.8 Å². The van der Waals surface area contributed by atoms with Crippen LogP contribution in [0.15, 0.2) is 23.1 Å². The molecule has 1 fully saturated rings. The van der Waals surface area contributed by atoms with Crippen molar-refractivity contribution in [3.8, 4) is 0 Å². The van der Waals surface area contributed by atoms with E-state index in [2.05, 4.69) is 10.0 Å². The maximum atomic E-state index is 13.1. The molecule has 0 heterocycles. The van der Waals surface area contributed by atoms with Crippen molar-refractivity contribution in [1.82, 2.24) is 10.0 Å². The Labute approximate surface area is 150 Å². The number of sulfonamides is 1. The molecule has 2 rings (SSSR count). The molecule has 0 saturated heterocycles. The van der Waals surface area contributed by atoms with Gasteiger partial charge in [0.2, 0.25) is 10.0 Å². The first-order valence-corrected chi connectivity index (χ1v) is 9.66. The Hall–Kier alpha value is -2.07. The van der Waals surface area contributed by atoms with Gasteiger partial charge in [-0.05, 0) is 31.0 Å². The quantitative estimate of drug-likeness (QED) is 0.651. The van der Waals surface area contributed by atoms with Gasteiger partial charge in [0.15, 0.2) is 18.2 Å². The van der Waals surface area contributed by atoms with Crippen molar-refractivity contribution in [2.24, 2.45) is 0 Å². The normalized spacial score (nSPS) is 15.0. The predicted octanol–water partition coefficient (Wildman–Crippen LogP) is 1.24. The summed E-state index contributed by atoms with van der Waals surface area (Å²) in [6, 6.07) is 2.26. The fraction of sp³-hybridized carbons (Fsp3) is 0.500. The van der Waals surface area contributed by atoms with Crippen LogP contribution < -0.4 is 10.0 Å². The SMILES string of the molecule is O=C(COC(=O)CCNS(=O)(=O)c1ccc(F)c(F)c1)NC1CCCC1. The molecule has 2 N–H and O–H groups in total. The van der Waals surface area contributed by atoms with Crippen LogP contribution in [0.5, 0.6) is 0 Å². The van der Waals surface area contributed by atoms with E-state index in [0.717, 1.165) is 31.7 Å². The summed E-state index contributed by atoms with van der Waals surface area (Å²) in [5.41, 5.74) is 0. The van der Waals surface area contributed by atoms with E-state index in [1.54, 1.807) is 0 Å². The summed E-state index contributed by atoms with van der Waals surface area (Å²) >= 11 is 0. The molecule has 0 spiro atoms. The number of carbonyl (C=O) groups excluding carboxylic acids is 2. The number of hydrogen-bond acceptors (Lipinski definition) is 5. The lowest BCUT2D eigenvalue weighted by Gasteiger charge is -2.12. The third-order valence-electron chi connectivity index (χ3n) is 3.91. The van der Waals surface area contributed by atoms with Crippen LogP contribution in [0.4, 0.5) is 8.78 Å². The first-order chi connectivity index (χ1) is 12.3. The van der Waals surface area contributed by atoms with Gasteiger partial charge in [-0.3, -0.25) is 9.59 Å². The molecule has 1 aromatic carbocycles. The Morgan fingerprint density at radius 1 is 1.15 bits per heavy atom. The molecule has 0 aromatic heterocycles. The van der Waals surface area contributed by atoms with Gasteiger partial charge in [0, 0.05) is 12.6 Å². The molecule has 1 saturated carbocycles. The van der Waals surface area contributed by atoms with Gasteiger partial charge in [-0.25, -0.2) is 21.9 Å². The first-order valence-electron chi connectivity index (χ1n) is 8.17. The summed E-state index contributed by atoms with van der Waals surface area (Å²) in [4.78, 5) is 22.7. The molecule has 26 heavy (non-hydrogen) atoms. The van der Waals surface area contributed by atoms with E-state index < -0.39 is 45.0 Å². The average molecular weight is 390 g/mol. The van der Waals surface area contributed by atoms with E-state index >= 15 is 0 Å². The zero-order valence-corrected chi connectivity index (χ0v) is 14.8. The van der Waals surface area contributed by atoms with Crippen molar-refractivity contribution >= 4 is 21.9 Å². The van der Waals surface area contributed by atoms with Crippen LogP contribution in [0, 0.1) is 11.6 Å². The summed E-state index contributed by atoms with van der Waals surface area (Å²) in [5.74, 6) is -3.60. The predicted molar refractivity (Wildman–Crippen MR) is 87.5 cm³/mol. The van der Waals surface area contributed by atoms with Crippen LogP contribution in [-0.4, -0.2) is 39.5 Å². The monoisotopic (exact) mass is 390 g/mol. The minimum absolute atomic E-state index is 0.115. The number of benzene rings is 1. The topological polar surface area (TPSA) is 102 Å². The molecule has 0 unspecified atom stereocenters. The van der Waals surface area contributed by atoms with Crippen molar-refractivity contribution in [2.75, 3.05) is 13.2 Å². The second-order valence-corrected chi connectivity index (χ2v) is 7.70. The van der Waals surface area contributed by atoms with Crippen LogP contribution in [0.3, 0.4) is 0 Å². The third kappa shape index (κ3) is 6.03. The highest BCUT2D eigenvalue weighted by molar-refractivity contribution is 7.89. The van der Waals surface area contributed by atoms with Gasteiger partial charge in [0.05, 0.1) is 11.3 Å². The van der Waals surface area contributed by atoms with E-state index in [4.69, 9.17) is 4.74 Å². The lowest BCUT2D eigenvalue weighted by Crippen LogP contribution is -2.36. The van der Waals surface area contributed by atoms with Gasteiger partial charge in [0.1, 0.15) is 0 Å². The summed E-state index contributed by atoms with van der Waals surface area (Å²) in [6.45, 7) is -0.727. The number of carbonyl (C=O) groups is 2. The highest BCUT2D eigenvalue weighted by Crippen LogP contribution is 2.17. The van der Waals surface area contributed by atoms with Gasteiger partial charge in [0.25, 0.3) is 5.91 Å². The van der Waals surface area contributed by atoms with E-state index in [1.807, 2.05) is 0 Å². The number of amides is 1. The lowest BCUT2D eigenvalue weighted by atomic mass is 10.2. The van der Waals surface area contributed by atoms with E-state index in [0.29, 0.717) is 12.1 Å². The summed E-state index contributed by atoms with van der Waals surface area (Å²) in [5, 5.41) is 2.75. The molecule has 10 heteroatoms. The summed E-state index contributed by atoms with van der Waals surface area (Å²) in [6.07, 6.45) is 3.63. The van der Waals surface area contributed by atoms with Crippen LogP contribution >= 0.6 is 0 Å². The maximum absolute atomic E-state index is 13.1. The average Bonchev–Trinajstić information content (AvgIpc) is 3.08. The Morgan fingerprint density at radius 3 is 2.50 bits per heavy atom. The molecule has 1 aliphatic carbocycles. The van der Waals surface area contributed by atoms with Gasteiger partial charge < -0.3 is 10.1 Å². The number of halogens is 2. The minimum atomic E-state index is -4.09. The van der Waals surface area contributed by atoms with Gasteiger partial charge in [-0.15, -0.1) is 0 Å². The molecule has 0 atom stereocenters. The number of esters is 1. The molecule has 0 aliphatic heterocycles. The molecule has 0 radical (unpaired) electrons. The molecule has 1 aliphatic rings. The fourth-order valence-electron chi connectivity index (χ4n) is 2.57. The van der Waals surface area contributed by atoms with Crippen molar-refractivity contribution in [2.45, 2.75) is 43.0 Å². The number of nitrogens with one attached hydrogen (secondary N) is 2. The number of hydrogen-bond donors (Lipinski definition) is 2. The smallest absolute Gasteiger partial charge is 0.307 e. The van der Waals surface area contributed by atoms with Crippen molar-refractivity contribution in [1.29, 1.82) is 0 Å². The van der Waals surface area contributed by atoms with Crippen LogP contribution in [0.25, 0.3) is 0 Å². The largest absolute Gasteiger partial charge is 0.456 e. The lowest BCUT2D eigenvalue weighted by molar-refractivity contribution is -0.148. The Balaban J connectivity index is 1.71. The molecule has 0 bridgehead atoms. The highest BCUT2D eigenvalue weighted by Gasteiger charge is 2.19. The third-order valence-corrected chi connectivity index (χ3v) is 5.37. The maximum Gasteiger partial charge on any atom is 0.307 e. The summed E-state index contributed by atoms with van der Waals surface area (Å²) in [7, 11) is -4.09. The second kappa shape index (κ2) is 9.04. The Bertz CT molecular complexity index is 764.